The summed E-state index contributed by atoms with van der Waals surface area (Å²) in [7, 11) is 1.66. The molecule has 0 heterocycles. The Balaban J connectivity index is 2.15. The van der Waals surface area contributed by atoms with Crippen molar-refractivity contribution in [3.8, 4) is 5.75 Å². The van der Waals surface area contributed by atoms with Crippen molar-refractivity contribution in [2.75, 3.05) is 26.9 Å². The van der Waals surface area contributed by atoms with E-state index in [1.165, 1.54) is 0 Å². The predicted octanol–water partition coefficient (Wildman–Crippen LogP) is 1.05. The number of methoxy groups -OCH3 is 1. The van der Waals surface area contributed by atoms with Gasteiger partial charge in [-0.3, -0.25) is 0 Å². The van der Waals surface area contributed by atoms with Gasteiger partial charge in [-0.1, -0.05) is 18.2 Å². The molecule has 17 heavy (non-hydrogen) atoms. The van der Waals surface area contributed by atoms with Gasteiger partial charge in [0.2, 0.25) is 0 Å². The standard InChI is InChI=1S/C13H21NO3/c1-11(9-16-2)14-8-12(15)10-17-13-6-4-3-5-7-13/h3-7,11-12,14-15H,8-10H2,1-2H3/t11-,12+/m1/s1. The van der Waals surface area contributed by atoms with Crippen LogP contribution in [0.3, 0.4) is 0 Å². The van der Waals surface area contributed by atoms with Crippen molar-refractivity contribution in [1.29, 1.82) is 0 Å². The van der Waals surface area contributed by atoms with E-state index < -0.39 is 6.10 Å². The van der Waals surface area contributed by atoms with Crippen LogP contribution in [0, 0.1) is 0 Å². The molecule has 0 saturated heterocycles. The van der Waals surface area contributed by atoms with Gasteiger partial charge in [0, 0.05) is 19.7 Å². The second kappa shape index (κ2) is 8.06. The summed E-state index contributed by atoms with van der Waals surface area (Å²) in [6.45, 7) is 3.43. The second-order valence-electron chi connectivity index (χ2n) is 4.04. The highest BCUT2D eigenvalue weighted by molar-refractivity contribution is 5.20. The molecule has 0 unspecified atom stereocenters. The Hall–Kier alpha value is -1.10. The summed E-state index contributed by atoms with van der Waals surface area (Å²) < 4.78 is 10.4. The molecule has 96 valence electrons. The summed E-state index contributed by atoms with van der Waals surface area (Å²) in [5.74, 6) is 0.775. The zero-order chi connectivity index (χ0) is 12.5. The molecular weight excluding hydrogens is 218 g/mol. The monoisotopic (exact) mass is 239 g/mol. The van der Waals surface area contributed by atoms with E-state index in [0.29, 0.717) is 13.2 Å². The maximum absolute atomic E-state index is 9.70. The number of benzene rings is 1. The van der Waals surface area contributed by atoms with E-state index in [1.807, 2.05) is 37.3 Å². The summed E-state index contributed by atoms with van der Waals surface area (Å²) in [4.78, 5) is 0. The summed E-state index contributed by atoms with van der Waals surface area (Å²) >= 11 is 0. The molecule has 0 aliphatic rings. The minimum Gasteiger partial charge on any atom is -0.491 e. The second-order valence-corrected chi connectivity index (χ2v) is 4.04. The Bertz CT molecular complexity index is 292. The highest BCUT2D eigenvalue weighted by Crippen LogP contribution is 2.08. The summed E-state index contributed by atoms with van der Waals surface area (Å²) in [5, 5.41) is 12.9. The minimum absolute atomic E-state index is 0.228. The minimum atomic E-state index is -0.519. The number of nitrogens with one attached hydrogen (secondary N) is 1. The summed E-state index contributed by atoms with van der Waals surface area (Å²) in [6, 6.07) is 9.70. The SMILES string of the molecule is COC[C@@H](C)NC[C@H](O)COc1ccccc1. The molecule has 1 rings (SSSR count). The van der Waals surface area contributed by atoms with Crippen LogP contribution in [0.15, 0.2) is 30.3 Å². The highest BCUT2D eigenvalue weighted by Gasteiger charge is 2.07. The molecule has 2 N–H and O–H groups in total. The van der Waals surface area contributed by atoms with Gasteiger partial charge in [-0.25, -0.2) is 0 Å². The van der Waals surface area contributed by atoms with Crippen LogP contribution in [0.4, 0.5) is 0 Å². The molecule has 0 fully saturated rings. The smallest absolute Gasteiger partial charge is 0.119 e. The van der Waals surface area contributed by atoms with Gasteiger partial charge in [0.05, 0.1) is 6.61 Å². The zero-order valence-corrected chi connectivity index (χ0v) is 10.4. The van der Waals surface area contributed by atoms with Crippen molar-refractivity contribution >= 4 is 0 Å². The fourth-order valence-electron chi connectivity index (χ4n) is 1.41. The number of rotatable bonds is 8. The number of ether oxygens (including phenoxy) is 2. The van der Waals surface area contributed by atoms with Gasteiger partial charge in [0.15, 0.2) is 0 Å². The van der Waals surface area contributed by atoms with Gasteiger partial charge < -0.3 is 19.9 Å². The van der Waals surface area contributed by atoms with Crippen LogP contribution in [0.25, 0.3) is 0 Å². The molecule has 4 nitrogen and oxygen atoms in total. The van der Waals surface area contributed by atoms with Gasteiger partial charge in [0.1, 0.15) is 18.5 Å². The van der Waals surface area contributed by atoms with Crippen LogP contribution in [0.2, 0.25) is 0 Å². The molecule has 2 atom stereocenters. The average Bonchev–Trinajstić information content (AvgIpc) is 2.35. The van der Waals surface area contributed by atoms with E-state index in [4.69, 9.17) is 9.47 Å². The number of hydrogen-bond acceptors (Lipinski definition) is 4. The lowest BCUT2D eigenvalue weighted by molar-refractivity contribution is 0.0973. The Morgan fingerprint density at radius 2 is 1.94 bits per heavy atom. The number of hydrogen-bond donors (Lipinski definition) is 2. The summed E-state index contributed by atoms with van der Waals surface area (Å²) in [5.41, 5.74) is 0. The van der Waals surface area contributed by atoms with Gasteiger partial charge in [0.25, 0.3) is 0 Å². The maximum atomic E-state index is 9.70. The van der Waals surface area contributed by atoms with Crippen molar-refractivity contribution in [2.24, 2.45) is 0 Å². The lowest BCUT2D eigenvalue weighted by Gasteiger charge is -2.16. The topological polar surface area (TPSA) is 50.7 Å². The highest BCUT2D eigenvalue weighted by atomic mass is 16.5. The van der Waals surface area contributed by atoms with E-state index in [1.54, 1.807) is 7.11 Å². The van der Waals surface area contributed by atoms with Gasteiger partial charge in [-0.05, 0) is 19.1 Å². The fraction of sp³-hybridized carbons (Fsp3) is 0.538. The first-order chi connectivity index (χ1) is 8.22. The van der Waals surface area contributed by atoms with Crippen LogP contribution in [-0.2, 0) is 4.74 Å². The number of aliphatic hydroxyl groups excluding tert-OH is 1. The fourth-order valence-corrected chi connectivity index (χ4v) is 1.41. The molecule has 0 bridgehead atoms. The van der Waals surface area contributed by atoms with E-state index in [0.717, 1.165) is 5.75 Å². The first-order valence-electron chi connectivity index (χ1n) is 5.80. The first kappa shape index (κ1) is 14.0. The van der Waals surface area contributed by atoms with E-state index >= 15 is 0 Å². The van der Waals surface area contributed by atoms with Crippen LogP contribution in [0.5, 0.6) is 5.75 Å². The van der Waals surface area contributed by atoms with E-state index in [2.05, 4.69) is 5.32 Å². The van der Waals surface area contributed by atoms with E-state index in [9.17, 15) is 5.11 Å². The Morgan fingerprint density at radius 1 is 1.24 bits per heavy atom. The Labute approximate surface area is 103 Å². The van der Waals surface area contributed by atoms with Crippen LogP contribution in [-0.4, -0.2) is 44.1 Å². The van der Waals surface area contributed by atoms with Crippen LogP contribution in [0.1, 0.15) is 6.92 Å². The Kier molecular flexibility index (Phi) is 6.62. The largest absolute Gasteiger partial charge is 0.491 e. The van der Waals surface area contributed by atoms with Gasteiger partial charge >= 0.3 is 0 Å². The van der Waals surface area contributed by atoms with Crippen molar-refractivity contribution in [3.05, 3.63) is 30.3 Å². The molecule has 0 radical (unpaired) electrons. The third-order valence-electron chi connectivity index (χ3n) is 2.30. The molecule has 4 heteroatoms. The van der Waals surface area contributed by atoms with Crippen molar-refractivity contribution < 1.29 is 14.6 Å². The van der Waals surface area contributed by atoms with Gasteiger partial charge in [-0.2, -0.15) is 0 Å². The van der Waals surface area contributed by atoms with Gasteiger partial charge in [-0.15, -0.1) is 0 Å². The van der Waals surface area contributed by atoms with E-state index in [-0.39, 0.29) is 12.6 Å². The molecule has 0 spiro atoms. The molecule has 0 aliphatic carbocycles. The molecule has 0 aliphatic heterocycles. The molecule has 0 saturated carbocycles. The molecule has 1 aromatic rings. The van der Waals surface area contributed by atoms with Crippen molar-refractivity contribution in [2.45, 2.75) is 19.1 Å². The molecular formula is C13H21NO3. The third kappa shape index (κ3) is 6.26. The zero-order valence-electron chi connectivity index (χ0n) is 10.4. The first-order valence-corrected chi connectivity index (χ1v) is 5.80. The molecule has 0 aromatic heterocycles. The maximum Gasteiger partial charge on any atom is 0.119 e. The lowest BCUT2D eigenvalue weighted by Crippen LogP contribution is -2.38. The average molecular weight is 239 g/mol. The van der Waals surface area contributed by atoms with Crippen LogP contribution >= 0.6 is 0 Å². The van der Waals surface area contributed by atoms with Crippen molar-refractivity contribution in [1.82, 2.24) is 5.32 Å². The number of para-hydroxylation sites is 1. The number of aliphatic hydroxyl groups is 1. The summed E-state index contributed by atoms with van der Waals surface area (Å²) in [6.07, 6.45) is -0.519. The lowest BCUT2D eigenvalue weighted by atomic mass is 10.3. The molecule has 1 aromatic carbocycles. The van der Waals surface area contributed by atoms with Crippen LogP contribution < -0.4 is 10.1 Å². The molecule has 0 amide bonds. The predicted molar refractivity (Wildman–Crippen MR) is 67.3 cm³/mol. The third-order valence-corrected chi connectivity index (χ3v) is 2.30. The Morgan fingerprint density at radius 3 is 2.59 bits per heavy atom. The quantitative estimate of drug-likeness (QED) is 0.712. The van der Waals surface area contributed by atoms with Crippen molar-refractivity contribution in [3.63, 3.8) is 0 Å². The normalized spacial score (nSPS) is 14.3.